The second-order valence-electron chi connectivity index (χ2n) is 6.14. The Morgan fingerprint density at radius 2 is 1.88 bits per heavy atom. The van der Waals surface area contributed by atoms with Crippen molar-refractivity contribution in [3.63, 3.8) is 0 Å². The van der Waals surface area contributed by atoms with Crippen LogP contribution in [0.2, 0.25) is 0 Å². The zero-order valence-electron chi connectivity index (χ0n) is 13.8. The van der Waals surface area contributed by atoms with Crippen molar-refractivity contribution in [1.29, 1.82) is 0 Å². The van der Waals surface area contributed by atoms with E-state index in [9.17, 15) is 4.79 Å². The Bertz CT molecular complexity index is 870. The number of hydrogen-bond donors (Lipinski definition) is 1. The minimum Gasteiger partial charge on any atom is -0.489 e. The van der Waals surface area contributed by atoms with Gasteiger partial charge in [0, 0.05) is 5.56 Å². The largest absolute Gasteiger partial charge is 0.489 e. The van der Waals surface area contributed by atoms with Crippen molar-refractivity contribution in [2.24, 2.45) is 0 Å². The molecule has 0 saturated carbocycles. The SMILES string of the molecule is O=C(N[C@H]1CCc2ccccc21)c1occc1COc1ccccc1. The van der Waals surface area contributed by atoms with Crippen LogP contribution in [0.25, 0.3) is 0 Å². The van der Waals surface area contributed by atoms with Crippen LogP contribution < -0.4 is 10.1 Å². The normalized spacial score (nSPS) is 15.6. The standard InChI is InChI=1S/C21H19NO3/c23-21(22-19-11-10-15-6-4-5-9-18(15)19)20-16(12-13-24-20)14-25-17-7-2-1-3-8-17/h1-9,12-13,19H,10-11,14H2,(H,22,23)/t19-/m0/s1. The maximum atomic E-state index is 12.6. The number of nitrogens with one attached hydrogen (secondary N) is 1. The lowest BCUT2D eigenvalue weighted by molar-refractivity contribution is 0.0905. The average Bonchev–Trinajstić information content (AvgIpc) is 3.28. The summed E-state index contributed by atoms with van der Waals surface area (Å²) in [5.41, 5.74) is 3.25. The van der Waals surface area contributed by atoms with Gasteiger partial charge in [-0.05, 0) is 42.2 Å². The van der Waals surface area contributed by atoms with Crippen molar-refractivity contribution in [1.82, 2.24) is 5.32 Å². The molecule has 1 amide bonds. The van der Waals surface area contributed by atoms with Gasteiger partial charge in [-0.25, -0.2) is 0 Å². The second kappa shape index (κ2) is 6.85. The van der Waals surface area contributed by atoms with E-state index in [0.29, 0.717) is 12.4 Å². The summed E-state index contributed by atoms with van der Waals surface area (Å²) in [6.45, 7) is 0.296. The summed E-state index contributed by atoms with van der Waals surface area (Å²) in [4.78, 5) is 12.6. The van der Waals surface area contributed by atoms with Gasteiger partial charge in [0.05, 0.1) is 12.3 Å². The number of para-hydroxylation sites is 1. The van der Waals surface area contributed by atoms with Gasteiger partial charge in [-0.3, -0.25) is 4.79 Å². The van der Waals surface area contributed by atoms with E-state index in [1.54, 1.807) is 6.07 Å². The van der Waals surface area contributed by atoms with Crippen molar-refractivity contribution in [2.45, 2.75) is 25.5 Å². The molecule has 1 aliphatic rings. The summed E-state index contributed by atoms with van der Waals surface area (Å²) in [6, 6.07) is 19.6. The van der Waals surface area contributed by atoms with E-state index in [0.717, 1.165) is 24.2 Å². The highest BCUT2D eigenvalue weighted by Crippen LogP contribution is 2.31. The third kappa shape index (κ3) is 3.29. The van der Waals surface area contributed by atoms with Crippen LogP contribution in [0.1, 0.15) is 39.7 Å². The molecule has 0 saturated heterocycles. The maximum absolute atomic E-state index is 12.6. The van der Waals surface area contributed by atoms with Gasteiger partial charge in [0.2, 0.25) is 0 Å². The summed E-state index contributed by atoms with van der Waals surface area (Å²) in [6.07, 6.45) is 3.44. The first kappa shape index (κ1) is 15.5. The van der Waals surface area contributed by atoms with Gasteiger partial charge in [-0.2, -0.15) is 0 Å². The van der Waals surface area contributed by atoms with Gasteiger partial charge in [0.25, 0.3) is 5.91 Å². The number of carbonyl (C=O) groups is 1. The lowest BCUT2D eigenvalue weighted by atomic mass is 10.1. The smallest absolute Gasteiger partial charge is 0.287 e. The van der Waals surface area contributed by atoms with Crippen molar-refractivity contribution in [3.8, 4) is 5.75 Å². The molecule has 0 fully saturated rings. The number of fused-ring (bicyclic) bond motifs is 1. The lowest BCUT2D eigenvalue weighted by Gasteiger charge is -2.14. The zero-order chi connectivity index (χ0) is 17.1. The van der Waals surface area contributed by atoms with Crippen LogP contribution in [-0.4, -0.2) is 5.91 Å². The fraction of sp³-hybridized carbons (Fsp3) is 0.190. The van der Waals surface area contributed by atoms with Crippen LogP contribution in [0.3, 0.4) is 0 Å². The third-order valence-corrected chi connectivity index (χ3v) is 4.53. The number of furan rings is 1. The number of amides is 1. The summed E-state index contributed by atoms with van der Waals surface area (Å²) >= 11 is 0. The molecule has 0 spiro atoms. The van der Waals surface area contributed by atoms with E-state index in [1.165, 1.54) is 17.4 Å². The van der Waals surface area contributed by atoms with E-state index in [-0.39, 0.29) is 11.9 Å². The van der Waals surface area contributed by atoms with E-state index in [2.05, 4.69) is 17.4 Å². The first-order valence-electron chi connectivity index (χ1n) is 8.44. The minimum absolute atomic E-state index is 0.0386. The number of benzene rings is 2. The number of aryl methyl sites for hydroxylation is 1. The molecule has 1 heterocycles. The molecule has 1 atom stereocenters. The predicted octanol–water partition coefficient (Wildman–Crippen LogP) is 4.28. The van der Waals surface area contributed by atoms with Crippen LogP contribution in [0.5, 0.6) is 5.75 Å². The molecular formula is C21H19NO3. The molecule has 0 aliphatic heterocycles. The van der Waals surface area contributed by atoms with E-state index in [4.69, 9.17) is 9.15 Å². The molecular weight excluding hydrogens is 314 g/mol. The van der Waals surface area contributed by atoms with Crippen LogP contribution in [0.4, 0.5) is 0 Å². The lowest BCUT2D eigenvalue weighted by Crippen LogP contribution is -2.27. The summed E-state index contributed by atoms with van der Waals surface area (Å²) in [5.74, 6) is 0.887. The quantitative estimate of drug-likeness (QED) is 0.758. The summed E-state index contributed by atoms with van der Waals surface area (Å²) < 4.78 is 11.1. The zero-order valence-corrected chi connectivity index (χ0v) is 13.8. The van der Waals surface area contributed by atoms with Crippen molar-refractivity contribution in [2.75, 3.05) is 0 Å². The summed E-state index contributed by atoms with van der Waals surface area (Å²) in [5, 5.41) is 3.09. The molecule has 0 radical (unpaired) electrons. The molecule has 1 aliphatic carbocycles. The number of rotatable bonds is 5. The minimum atomic E-state index is -0.196. The van der Waals surface area contributed by atoms with Crippen molar-refractivity contribution in [3.05, 3.63) is 89.4 Å². The molecule has 0 unspecified atom stereocenters. The Kier molecular flexibility index (Phi) is 4.25. The monoisotopic (exact) mass is 333 g/mol. The Morgan fingerprint density at radius 1 is 1.08 bits per heavy atom. The molecule has 4 heteroatoms. The molecule has 126 valence electrons. The van der Waals surface area contributed by atoms with Gasteiger partial charge < -0.3 is 14.5 Å². The predicted molar refractivity (Wildman–Crippen MR) is 94.5 cm³/mol. The molecule has 4 rings (SSSR count). The fourth-order valence-corrected chi connectivity index (χ4v) is 3.26. The molecule has 1 N–H and O–H groups in total. The molecule has 2 aromatic carbocycles. The maximum Gasteiger partial charge on any atom is 0.287 e. The second-order valence-corrected chi connectivity index (χ2v) is 6.14. The molecule has 0 bridgehead atoms. The highest BCUT2D eigenvalue weighted by Gasteiger charge is 2.26. The van der Waals surface area contributed by atoms with Crippen LogP contribution in [0, 0.1) is 0 Å². The van der Waals surface area contributed by atoms with Gasteiger partial charge >= 0.3 is 0 Å². The van der Waals surface area contributed by atoms with Gasteiger partial charge in [0.15, 0.2) is 5.76 Å². The van der Waals surface area contributed by atoms with E-state index < -0.39 is 0 Å². The fourth-order valence-electron chi connectivity index (χ4n) is 3.26. The Hall–Kier alpha value is -3.01. The van der Waals surface area contributed by atoms with Gasteiger partial charge in [-0.1, -0.05) is 42.5 Å². The van der Waals surface area contributed by atoms with Gasteiger partial charge in [0.1, 0.15) is 12.4 Å². The highest BCUT2D eigenvalue weighted by molar-refractivity contribution is 5.93. The van der Waals surface area contributed by atoms with Crippen LogP contribution in [-0.2, 0) is 13.0 Å². The first-order valence-corrected chi connectivity index (χ1v) is 8.44. The molecule has 25 heavy (non-hydrogen) atoms. The molecule has 3 aromatic rings. The van der Waals surface area contributed by atoms with Crippen molar-refractivity contribution >= 4 is 5.91 Å². The third-order valence-electron chi connectivity index (χ3n) is 4.53. The topological polar surface area (TPSA) is 51.5 Å². The Balaban J connectivity index is 1.44. The average molecular weight is 333 g/mol. The number of carbonyl (C=O) groups excluding carboxylic acids is 1. The van der Waals surface area contributed by atoms with E-state index in [1.807, 2.05) is 42.5 Å². The van der Waals surface area contributed by atoms with Crippen molar-refractivity contribution < 1.29 is 13.9 Å². The summed E-state index contributed by atoms with van der Waals surface area (Å²) in [7, 11) is 0. The van der Waals surface area contributed by atoms with Crippen LogP contribution in [0.15, 0.2) is 71.3 Å². The Labute approximate surface area is 146 Å². The number of ether oxygens (including phenoxy) is 1. The van der Waals surface area contributed by atoms with Crippen LogP contribution >= 0.6 is 0 Å². The highest BCUT2D eigenvalue weighted by atomic mass is 16.5. The number of hydrogen-bond acceptors (Lipinski definition) is 3. The van der Waals surface area contributed by atoms with Gasteiger partial charge in [-0.15, -0.1) is 0 Å². The first-order chi connectivity index (χ1) is 12.3. The Morgan fingerprint density at radius 3 is 2.76 bits per heavy atom. The van der Waals surface area contributed by atoms with E-state index >= 15 is 0 Å². The molecule has 1 aromatic heterocycles. The molecule has 4 nitrogen and oxygen atoms in total.